The van der Waals surface area contributed by atoms with E-state index in [0.717, 1.165) is 134 Å². The van der Waals surface area contributed by atoms with Crippen molar-refractivity contribution in [3.05, 3.63) is 259 Å². The summed E-state index contributed by atoms with van der Waals surface area (Å²) in [5, 5.41) is 21.2. The van der Waals surface area contributed by atoms with E-state index < -0.39 is 17.5 Å². The van der Waals surface area contributed by atoms with Gasteiger partial charge in [0, 0.05) is 105 Å². The Hall–Kier alpha value is -9.06. The molecule has 0 aromatic heterocycles. The van der Waals surface area contributed by atoms with Gasteiger partial charge in [0.25, 0.3) is 0 Å². The molecule has 0 spiro atoms. The first-order chi connectivity index (χ1) is 62.5. The zero-order chi connectivity index (χ0) is 91.1. The van der Waals surface area contributed by atoms with E-state index in [2.05, 4.69) is 245 Å². The van der Waals surface area contributed by atoms with Gasteiger partial charge in [0.15, 0.2) is 0 Å². The molecule has 2 atom stereocenters. The minimum Gasteiger partial charge on any atom is -0.481 e. The fourth-order valence-electron chi connectivity index (χ4n) is 20.3. The molecule has 0 heterocycles. The van der Waals surface area contributed by atoms with Crippen LogP contribution in [0, 0.1) is 0 Å². The van der Waals surface area contributed by atoms with Crippen molar-refractivity contribution in [3.8, 4) is 89.0 Å². The van der Waals surface area contributed by atoms with E-state index in [-0.39, 0.29) is 52.7 Å². The Kier molecular flexibility index (Phi) is 37.7. The van der Waals surface area contributed by atoms with Crippen molar-refractivity contribution in [3.63, 3.8) is 0 Å². The maximum atomic E-state index is 12.5. The van der Waals surface area contributed by atoms with E-state index in [1.165, 1.54) is 122 Å². The Morgan fingerprint density at radius 1 is 0.344 bits per heavy atom. The molecule has 0 radical (unpaired) electrons. The molecule has 2 unspecified atom stereocenters. The zero-order valence-corrected chi connectivity index (χ0v) is 80.7. The number of alkyl carbamates (subject to hydrolysis) is 1. The number of nitrogens with one attached hydrogen (secondary N) is 1. The van der Waals surface area contributed by atoms with Gasteiger partial charge in [-0.2, -0.15) is 0 Å². The first-order valence-corrected chi connectivity index (χ1v) is 48.1. The molecule has 0 aliphatic heterocycles. The molecule has 5 N–H and O–H groups in total. The van der Waals surface area contributed by atoms with Crippen LogP contribution < -0.4 is 11.1 Å². The SMILES string of the molecule is C.COCCOCCCC1(CCCOCCOC)c2cc(Br)ccc2-c2ccc(-c3ccc4c(c3)C(C)(CCCCN)c3cc(-c5ccc(CCCC(=O)O)cc5)ccc3-4)cc21.COCCOCCCC1(CCCOCCOC)c2cc(Br)ccc2-c2ccc(-c3ccc4c(c3)C(C)(CCCCNC(=O)OC(C)(C)C)c3cc(-c5ccc(CCCC(=O)O)cc5)ccc3-4)cc21.F. The molecule has 0 fully saturated rings. The lowest BCUT2D eigenvalue weighted by atomic mass is 9.71. The average Bonchev–Trinajstić information content (AvgIpc) is 1.57. The molecule has 0 saturated carbocycles. The summed E-state index contributed by atoms with van der Waals surface area (Å²) in [7, 11) is 6.84. The predicted octanol–water partition coefficient (Wildman–Crippen LogP) is 25.9. The lowest BCUT2D eigenvalue weighted by Crippen LogP contribution is -2.33. The van der Waals surface area contributed by atoms with E-state index in [0.29, 0.717) is 105 Å². The van der Waals surface area contributed by atoms with Gasteiger partial charge in [-0.25, -0.2) is 4.79 Å². The third-order valence-corrected chi connectivity index (χ3v) is 27.8. The van der Waals surface area contributed by atoms with Crippen LogP contribution in [0.4, 0.5) is 9.50 Å². The lowest BCUT2D eigenvalue weighted by molar-refractivity contribution is -0.138. The smallest absolute Gasteiger partial charge is 0.407 e. The van der Waals surface area contributed by atoms with E-state index >= 15 is 0 Å². The number of aliphatic carboxylic acids is 2. The maximum absolute atomic E-state index is 12.5. The van der Waals surface area contributed by atoms with Gasteiger partial charge < -0.3 is 63.9 Å². The van der Waals surface area contributed by atoms with Gasteiger partial charge in [-0.05, 0) is 335 Å². The summed E-state index contributed by atoms with van der Waals surface area (Å²) in [4.78, 5) is 34.7. The van der Waals surface area contributed by atoms with Crippen LogP contribution in [0.15, 0.2) is 203 Å². The molecule has 131 heavy (non-hydrogen) atoms. The number of aryl methyl sites for hydroxylation is 2. The summed E-state index contributed by atoms with van der Waals surface area (Å²) < 4.78 is 52.9. The highest BCUT2D eigenvalue weighted by atomic mass is 79.9. The van der Waals surface area contributed by atoms with Gasteiger partial charge in [-0.15, -0.1) is 0 Å². The Morgan fingerprint density at radius 3 is 0.916 bits per heavy atom. The highest BCUT2D eigenvalue weighted by molar-refractivity contribution is 9.10. The number of carbonyl (C=O) groups excluding carboxylic acids is 1. The number of carbonyl (C=O) groups is 3. The molecule has 0 bridgehead atoms. The molecule has 700 valence electrons. The Labute approximate surface area is 793 Å². The van der Waals surface area contributed by atoms with Crippen LogP contribution in [0.1, 0.15) is 213 Å². The van der Waals surface area contributed by atoms with Gasteiger partial charge in [-0.1, -0.05) is 199 Å². The Morgan fingerprint density at radius 2 is 0.618 bits per heavy atom. The molecule has 10 aromatic carbocycles. The summed E-state index contributed by atoms with van der Waals surface area (Å²) in [5.74, 6) is -1.51. The normalized spacial score (nSPS) is 15.3. The number of amides is 1. The average molecular weight is 1910 g/mol. The number of hydrogen-bond donors (Lipinski definition) is 4. The number of halogens is 3. The Bertz CT molecular complexity index is 5420. The second kappa shape index (κ2) is 48.2. The number of hydrogen-bond acceptors (Lipinski definition) is 13. The summed E-state index contributed by atoms with van der Waals surface area (Å²) >= 11 is 7.68. The van der Waals surface area contributed by atoms with Crippen LogP contribution in [0.5, 0.6) is 0 Å². The Balaban J connectivity index is 0.000000250. The quantitative estimate of drug-likeness (QED) is 0.0261. The van der Waals surface area contributed by atoms with Crippen molar-refractivity contribution in [1.82, 2.24) is 5.32 Å². The largest absolute Gasteiger partial charge is 0.481 e. The van der Waals surface area contributed by atoms with Crippen molar-refractivity contribution in [2.75, 3.05) is 121 Å². The van der Waals surface area contributed by atoms with Crippen LogP contribution >= 0.6 is 31.9 Å². The highest BCUT2D eigenvalue weighted by Gasteiger charge is 2.47. The number of ether oxygens (including phenoxy) is 9. The predicted molar refractivity (Wildman–Crippen MR) is 535 cm³/mol. The van der Waals surface area contributed by atoms with Crippen molar-refractivity contribution < 1.29 is 71.9 Å². The summed E-state index contributed by atoms with van der Waals surface area (Å²) in [6.45, 7) is 19.1. The van der Waals surface area contributed by atoms with E-state index in [9.17, 15) is 14.4 Å². The number of carboxylic acids is 2. The fraction of sp³-hybridized carbons (Fsp3) is 0.438. The molecule has 4 aliphatic rings. The van der Waals surface area contributed by atoms with Crippen LogP contribution in [-0.2, 0) is 86.7 Å². The molecular formula is C112H137Br2FN2O14. The molecule has 16 nitrogen and oxygen atoms in total. The molecule has 1 amide bonds. The number of rotatable bonds is 49. The minimum atomic E-state index is -0.762. The van der Waals surface area contributed by atoms with Crippen molar-refractivity contribution in [2.45, 2.75) is 198 Å². The van der Waals surface area contributed by atoms with Crippen LogP contribution in [0.3, 0.4) is 0 Å². The number of benzene rings is 10. The fourth-order valence-corrected chi connectivity index (χ4v) is 21.1. The topological polar surface area (TPSA) is 213 Å². The first-order valence-electron chi connectivity index (χ1n) is 46.5. The number of unbranched alkanes of at least 4 members (excludes halogenated alkanes) is 2. The summed E-state index contributed by atoms with van der Waals surface area (Å²) in [5.41, 5.74) is 37.6. The van der Waals surface area contributed by atoms with Crippen LogP contribution in [0.25, 0.3) is 89.0 Å². The maximum Gasteiger partial charge on any atom is 0.407 e. The van der Waals surface area contributed by atoms with E-state index in [1.807, 2.05) is 20.8 Å². The lowest BCUT2D eigenvalue weighted by Gasteiger charge is -2.33. The minimum absolute atomic E-state index is 0. The summed E-state index contributed by atoms with van der Waals surface area (Å²) in [6.07, 6.45) is 15.9. The second-order valence-electron chi connectivity index (χ2n) is 36.6. The summed E-state index contributed by atoms with van der Waals surface area (Å²) in [6, 6.07) is 73.1. The van der Waals surface area contributed by atoms with Crippen molar-refractivity contribution in [2.24, 2.45) is 5.73 Å². The zero-order valence-electron chi connectivity index (χ0n) is 77.6. The van der Waals surface area contributed by atoms with Crippen molar-refractivity contribution in [1.29, 1.82) is 0 Å². The number of methoxy groups -OCH3 is 4. The van der Waals surface area contributed by atoms with Crippen LogP contribution in [0.2, 0.25) is 0 Å². The van der Waals surface area contributed by atoms with Gasteiger partial charge >= 0.3 is 18.0 Å². The van der Waals surface area contributed by atoms with E-state index in [4.69, 9.17) is 58.6 Å². The first kappa shape index (κ1) is 102. The monoisotopic (exact) mass is 1910 g/mol. The number of nitrogens with two attached hydrogens (primary N) is 1. The molecule has 0 saturated heterocycles. The third kappa shape index (κ3) is 24.7. The van der Waals surface area contributed by atoms with Gasteiger partial charge in [0.2, 0.25) is 0 Å². The third-order valence-electron chi connectivity index (χ3n) is 26.8. The molecule has 10 aromatic rings. The second-order valence-corrected chi connectivity index (χ2v) is 38.5. The molecule has 4 aliphatic carbocycles. The molecule has 14 rings (SSSR count). The van der Waals surface area contributed by atoms with E-state index in [1.54, 1.807) is 28.4 Å². The molecule has 19 heteroatoms. The highest BCUT2D eigenvalue weighted by Crippen LogP contribution is 2.60. The van der Waals surface area contributed by atoms with Crippen LogP contribution in [-0.4, -0.2) is 155 Å². The number of fused-ring (bicyclic) bond motifs is 12. The van der Waals surface area contributed by atoms with Crippen molar-refractivity contribution >= 4 is 49.9 Å². The number of carboxylic acid groups (broad SMARTS) is 2. The van der Waals surface area contributed by atoms with Gasteiger partial charge in [-0.3, -0.25) is 14.3 Å². The van der Waals surface area contributed by atoms with Gasteiger partial charge in [0.1, 0.15) is 5.60 Å². The standard InChI is InChI=1S/C58H70BrNO8.C53H62BrNO6.CH4.FH/c1-56(2,3)68-55(63)60-29-8-7-26-57(4)50-36-42(41-16-14-40(15-17-41)12-9-13-54(61)62)18-22-46(50)47-23-19-43(37-51(47)57)44-20-24-48-49-25-21-45(59)39-53(49)58(52(48)38-44,27-10-30-66-34-32-64-5)28-11-31-67-35-33-65-6;1-52(23-4-5-26-55)47-33-39(38-13-11-37(12-14-38)9-6-10-51(56)57)15-19-43(47)44-20-16-40(34-48(44)52)41-17-21-45-46-22-18-42(54)36-50(46)53(49(45)35-41,24-7-27-60-31-29-58-2)25-8-28-61-32-30-59-3;;/h14-25,36-39H,7-13,26-35H2,1-6H3,(H,60,63)(H,61,62);11-22,33-36H,4-10,23-32,55H2,1-3H3,(H,56,57);1H4;1H. The molecular weight excluding hydrogens is 1780 g/mol. The van der Waals surface area contributed by atoms with Gasteiger partial charge in [0.05, 0.1) is 52.9 Å².